The Morgan fingerprint density at radius 3 is 2.50 bits per heavy atom. The molecule has 0 aliphatic rings. The number of hydrogen-bond acceptors (Lipinski definition) is 3. The summed E-state index contributed by atoms with van der Waals surface area (Å²) in [6.45, 7) is 6.17. The van der Waals surface area contributed by atoms with Gasteiger partial charge in [-0.3, -0.25) is 4.79 Å². The molecule has 0 spiro atoms. The van der Waals surface area contributed by atoms with Crippen molar-refractivity contribution < 1.29 is 4.79 Å². The average molecular weight is 300 g/mol. The molecular formula is C17H24N4O. The smallest absolute Gasteiger partial charge is 0.225 e. The van der Waals surface area contributed by atoms with Crippen LogP contribution in [0, 0.1) is 5.92 Å². The zero-order valence-electron chi connectivity index (χ0n) is 13.7. The Bertz CT molecular complexity index is 592. The van der Waals surface area contributed by atoms with Gasteiger partial charge in [-0.1, -0.05) is 32.4 Å². The minimum absolute atomic E-state index is 0.0524. The molecule has 5 nitrogen and oxygen atoms in total. The summed E-state index contributed by atoms with van der Waals surface area (Å²) in [6, 6.07) is 8.12. The van der Waals surface area contributed by atoms with Crippen molar-refractivity contribution in [2.45, 2.75) is 39.7 Å². The van der Waals surface area contributed by atoms with Gasteiger partial charge in [-0.2, -0.15) is 5.10 Å². The molecule has 118 valence electrons. The maximum absolute atomic E-state index is 12.4. The molecule has 22 heavy (non-hydrogen) atoms. The lowest BCUT2D eigenvalue weighted by Crippen LogP contribution is -2.33. The number of benzene rings is 1. The maximum atomic E-state index is 12.4. The molecule has 2 aromatic rings. The first kappa shape index (κ1) is 16.2. The van der Waals surface area contributed by atoms with Gasteiger partial charge in [0.05, 0.1) is 11.7 Å². The summed E-state index contributed by atoms with van der Waals surface area (Å²) >= 11 is 0. The van der Waals surface area contributed by atoms with Crippen LogP contribution in [0.15, 0.2) is 36.9 Å². The van der Waals surface area contributed by atoms with E-state index in [0.29, 0.717) is 0 Å². The monoisotopic (exact) mass is 300 g/mol. The Kier molecular flexibility index (Phi) is 5.31. The molecule has 0 aliphatic carbocycles. The molecule has 2 atom stereocenters. The van der Waals surface area contributed by atoms with Crippen molar-refractivity contribution in [3.63, 3.8) is 0 Å². The van der Waals surface area contributed by atoms with Crippen LogP contribution in [0.3, 0.4) is 0 Å². The van der Waals surface area contributed by atoms with Crippen molar-refractivity contribution in [2.75, 3.05) is 7.05 Å². The van der Waals surface area contributed by atoms with Gasteiger partial charge < -0.3 is 4.90 Å². The van der Waals surface area contributed by atoms with E-state index in [4.69, 9.17) is 0 Å². The number of carbonyl (C=O) groups excluding carboxylic acids is 1. The predicted octanol–water partition coefficient (Wildman–Crippen LogP) is 3.22. The lowest BCUT2D eigenvalue weighted by Gasteiger charge is -2.28. The highest BCUT2D eigenvalue weighted by atomic mass is 16.2. The minimum atomic E-state index is 0.0524. The van der Waals surface area contributed by atoms with Gasteiger partial charge in [0.2, 0.25) is 5.91 Å². The second-order valence-electron chi connectivity index (χ2n) is 5.75. The van der Waals surface area contributed by atoms with E-state index in [1.54, 1.807) is 11.0 Å². The molecule has 0 radical (unpaired) electrons. The van der Waals surface area contributed by atoms with Crippen molar-refractivity contribution in [1.82, 2.24) is 19.7 Å². The minimum Gasteiger partial charge on any atom is -0.339 e. The Morgan fingerprint density at radius 1 is 1.27 bits per heavy atom. The van der Waals surface area contributed by atoms with Crippen LogP contribution in [0.1, 0.15) is 45.2 Å². The second-order valence-corrected chi connectivity index (χ2v) is 5.75. The second kappa shape index (κ2) is 7.20. The Balaban J connectivity index is 2.09. The highest BCUT2D eigenvalue weighted by molar-refractivity contribution is 5.78. The fraction of sp³-hybridized carbons (Fsp3) is 0.471. The van der Waals surface area contributed by atoms with E-state index in [0.717, 1.165) is 24.1 Å². The molecule has 1 aromatic heterocycles. The van der Waals surface area contributed by atoms with E-state index in [9.17, 15) is 4.79 Å². The van der Waals surface area contributed by atoms with Crippen LogP contribution in [0.5, 0.6) is 0 Å². The maximum Gasteiger partial charge on any atom is 0.225 e. The van der Waals surface area contributed by atoms with Crippen molar-refractivity contribution in [3.05, 3.63) is 42.5 Å². The van der Waals surface area contributed by atoms with Crippen LogP contribution < -0.4 is 0 Å². The molecule has 1 heterocycles. The number of carbonyl (C=O) groups is 1. The highest BCUT2D eigenvalue weighted by Gasteiger charge is 2.21. The lowest BCUT2D eigenvalue weighted by atomic mass is 10.0. The van der Waals surface area contributed by atoms with Crippen molar-refractivity contribution in [2.24, 2.45) is 5.92 Å². The topological polar surface area (TPSA) is 51.0 Å². The Labute approximate surface area is 132 Å². The van der Waals surface area contributed by atoms with E-state index in [-0.39, 0.29) is 17.9 Å². The standard InChI is InChI=1S/C17H24N4O/c1-5-6-13(2)17(22)20(4)14(3)15-7-9-16(10-8-15)21-12-18-11-19-21/h7-14H,5-6H2,1-4H3. The molecule has 5 heteroatoms. The van der Waals surface area contributed by atoms with Crippen molar-refractivity contribution in [3.8, 4) is 5.69 Å². The molecule has 0 bridgehead atoms. The molecule has 1 aromatic carbocycles. The summed E-state index contributed by atoms with van der Waals surface area (Å²) in [5.41, 5.74) is 2.07. The van der Waals surface area contributed by atoms with Gasteiger partial charge >= 0.3 is 0 Å². The van der Waals surface area contributed by atoms with Gasteiger partial charge in [0.25, 0.3) is 0 Å². The van der Waals surface area contributed by atoms with Crippen LogP contribution in [-0.4, -0.2) is 32.6 Å². The average Bonchev–Trinajstić information content (AvgIpc) is 3.07. The third kappa shape index (κ3) is 3.53. The molecule has 0 fully saturated rings. The molecule has 2 unspecified atom stereocenters. The van der Waals surface area contributed by atoms with E-state index in [2.05, 4.69) is 23.9 Å². The van der Waals surface area contributed by atoms with Gasteiger partial charge in [-0.15, -0.1) is 0 Å². The number of amides is 1. The van der Waals surface area contributed by atoms with Crippen LogP contribution >= 0.6 is 0 Å². The van der Waals surface area contributed by atoms with Crippen LogP contribution in [-0.2, 0) is 4.79 Å². The third-order valence-electron chi connectivity index (χ3n) is 4.13. The van der Waals surface area contributed by atoms with Gasteiger partial charge in [0, 0.05) is 13.0 Å². The molecule has 0 N–H and O–H groups in total. The predicted molar refractivity (Wildman–Crippen MR) is 86.6 cm³/mol. The van der Waals surface area contributed by atoms with Crippen LogP contribution in [0.25, 0.3) is 5.69 Å². The number of rotatable bonds is 6. The van der Waals surface area contributed by atoms with E-state index in [1.165, 1.54) is 6.33 Å². The van der Waals surface area contributed by atoms with E-state index >= 15 is 0 Å². The van der Waals surface area contributed by atoms with Crippen molar-refractivity contribution >= 4 is 5.91 Å². The summed E-state index contributed by atoms with van der Waals surface area (Å²) in [4.78, 5) is 18.2. The quantitative estimate of drug-likeness (QED) is 0.823. The summed E-state index contributed by atoms with van der Waals surface area (Å²) < 4.78 is 1.71. The molecule has 1 amide bonds. The van der Waals surface area contributed by atoms with Gasteiger partial charge in [-0.05, 0) is 31.0 Å². The fourth-order valence-corrected chi connectivity index (χ4v) is 2.57. The number of aromatic nitrogens is 3. The third-order valence-corrected chi connectivity index (χ3v) is 4.13. The van der Waals surface area contributed by atoms with Gasteiger partial charge in [0.15, 0.2) is 0 Å². The number of hydrogen-bond donors (Lipinski definition) is 0. The van der Waals surface area contributed by atoms with Gasteiger partial charge in [0.1, 0.15) is 12.7 Å². The zero-order valence-corrected chi connectivity index (χ0v) is 13.7. The van der Waals surface area contributed by atoms with Gasteiger partial charge in [-0.25, -0.2) is 9.67 Å². The Morgan fingerprint density at radius 2 is 1.95 bits per heavy atom. The normalized spacial score (nSPS) is 13.6. The molecule has 0 saturated heterocycles. The first-order valence-corrected chi connectivity index (χ1v) is 7.76. The summed E-state index contributed by atoms with van der Waals surface area (Å²) in [5, 5.41) is 4.11. The first-order chi connectivity index (χ1) is 10.5. The molecular weight excluding hydrogens is 276 g/mol. The molecule has 0 saturated carbocycles. The largest absolute Gasteiger partial charge is 0.339 e. The SMILES string of the molecule is CCCC(C)C(=O)N(C)C(C)c1ccc(-n2cncn2)cc1. The van der Waals surface area contributed by atoms with Crippen LogP contribution in [0.4, 0.5) is 0 Å². The lowest BCUT2D eigenvalue weighted by molar-refractivity contribution is -0.135. The molecule has 0 aliphatic heterocycles. The number of nitrogens with zero attached hydrogens (tertiary/aromatic N) is 4. The molecule has 2 rings (SSSR count). The first-order valence-electron chi connectivity index (χ1n) is 7.76. The zero-order chi connectivity index (χ0) is 16.1. The summed E-state index contributed by atoms with van der Waals surface area (Å²) in [5.74, 6) is 0.279. The summed E-state index contributed by atoms with van der Waals surface area (Å²) in [7, 11) is 1.88. The Hall–Kier alpha value is -2.17. The van der Waals surface area contributed by atoms with E-state index in [1.807, 2.05) is 43.1 Å². The fourth-order valence-electron chi connectivity index (χ4n) is 2.57. The van der Waals surface area contributed by atoms with E-state index < -0.39 is 0 Å². The highest BCUT2D eigenvalue weighted by Crippen LogP contribution is 2.22. The van der Waals surface area contributed by atoms with Crippen LogP contribution in [0.2, 0.25) is 0 Å². The summed E-state index contributed by atoms with van der Waals surface area (Å²) in [6.07, 6.45) is 5.14. The van der Waals surface area contributed by atoms with Crippen molar-refractivity contribution in [1.29, 1.82) is 0 Å².